The number of aromatic amines is 2. The largest absolute Gasteiger partial charge is 0.336 e. The van der Waals surface area contributed by atoms with Crippen LogP contribution in [0.3, 0.4) is 0 Å². The molecule has 0 aliphatic carbocycles. The summed E-state index contributed by atoms with van der Waals surface area (Å²) >= 11 is 4.79. The van der Waals surface area contributed by atoms with Crippen LogP contribution < -0.4 is 5.56 Å². The number of rotatable bonds is 4. The first-order valence-corrected chi connectivity index (χ1v) is 8.55. The lowest BCUT2D eigenvalue weighted by molar-refractivity contribution is 0.551. The molecule has 22 heavy (non-hydrogen) atoms. The second-order valence-corrected chi connectivity index (χ2v) is 6.31. The minimum absolute atomic E-state index is 0.128. The van der Waals surface area contributed by atoms with Crippen LogP contribution in [-0.2, 0) is 22.4 Å². The van der Waals surface area contributed by atoms with Gasteiger partial charge in [-0.15, -0.1) is 3.89 Å². The van der Waals surface area contributed by atoms with Crippen LogP contribution in [-0.4, -0.2) is 18.4 Å². The van der Waals surface area contributed by atoms with E-state index in [1.165, 1.54) is 0 Å². The molecule has 0 saturated heterocycles. The summed E-state index contributed by atoms with van der Waals surface area (Å²) in [6.45, 7) is 2.05. The molecular weight excluding hydrogens is 327 g/mol. The lowest BCUT2D eigenvalue weighted by Gasteiger charge is -1.95. The molecule has 0 aliphatic heterocycles. The number of nitrogens with one attached hydrogen (secondary N) is 2. The van der Waals surface area contributed by atoms with Crippen molar-refractivity contribution in [2.45, 2.75) is 25.5 Å². The van der Waals surface area contributed by atoms with Crippen molar-refractivity contribution >= 4 is 22.4 Å². The van der Waals surface area contributed by atoms with E-state index >= 15 is 0 Å². The molecule has 0 aliphatic rings. The van der Waals surface area contributed by atoms with Crippen LogP contribution in [0.5, 0.6) is 0 Å². The molecule has 2 rings (SSSR count). The average Bonchev–Trinajstić information content (AvgIpc) is 2.37. The number of H-pyrrole nitrogens is 2. The highest BCUT2D eigenvalue weighted by molar-refractivity contribution is 7.85. The topological polar surface area (TPSA) is 82.8 Å². The van der Waals surface area contributed by atoms with Gasteiger partial charge in [-0.25, -0.2) is 0 Å². The fourth-order valence-electron chi connectivity index (χ4n) is 1.70. The standard InChI is InChI=1S/C7H7FO2S.C7H10N2OS/c8-11(9,10)6-7-4-2-1-3-5-7;1-2-3-5-4-6(10)9-7(11)8-5/h1-5H,6H2;4H,2-3H2,1H3,(H2,8,9,10,11). The van der Waals surface area contributed by atoms with E-state index in [2.05, 4.69) is 16.9 Å². The number of hydrogen-bond donors (Lipinski definition) is 2. The van der Waals surface area contributed by atoms with E-state index in [1.807, 2.05) is 0 Å². The minimum atomic E-state index is -4.38. The molecular formula is C14H17FN2O3S2. The molecule has 1 aromatic carbocycles. The van der Waals surface area contributed by atoms with Gasteiger partial charge >= 0.3 is 10.2 Å². The van der Waals surface area contributed by atoms with Crippen LogP contribution in [0.4, 0.5) is 3.89 Å². The van der Waals surface area contributed by atoms with Crippen molar-refractivity contribution in [1.82, 2.24) is 9.97 Å². The van der Waals surface area contributed by atoms with Crippen molar-refractivity contribution < 1.29 is 12.3 Å². The summed E-state index contributed by atoms with van der Waals surface area (Å²) < 4.78 is 32.7. The molecule has 2 N–H and O–H groups in total. The molecule has 5 nitrogen and oxygen atoms in total. The normalized spacial score (nSPS) is 10.6. The van der Waals surface area contributed by atoms with E-state index < -0.39 is 16.0 Å². The quantitative estimate of drug-likeness (QED) is 0.660. The summed E-state index contributed by atoms with van der Waals surface area (Å²) in [6, 6.07) is 9.75. The zero-order valence-corrected chi connectivity index (χ0v) is 13.6. The van der Waals surface area contributed by atoms with Gasteiger partial charge in [-0.1, -0.05) is 43.7 Å². The van der Waals surface area contributed by atoms with Crippen molar-refractivity contribution in [3.63, 3.8) is 0 Å². The maximum absolute atomic E-state index is 12.0. The first kappa shape index (κ1) is 18.2. The van der Waals surface area contributed by atoms with Gasteiger partial charge in [0.05, 0.1) is 0 Å². The minimum Gasteiger partial charge on any atom is -0.336 e. The maximum atomic E-state index is 12.0. The summed E-state index contributed by atoms with van der Waals surface area (Å²) in [4.78, 5) is 16.2. The highest BCUT2D eigenvalue weighted by Gasteiger charge is 2.06. The van der Waals surface area contributed by atoms with Crippen molar-refractivity contribution in [1.29, 1.82) is 0 Å². The van der Waals surface area contributed by atoms with Crippen molar-refractivity contribution in [3.05, 3.63) is 62.8 Å². The lowest BCUT2D eigenvalue weighted by atomic mass is 10.2. The fourth-order valence-corrected chi connectivity index (χ4v) is 2.52. The van der Waals surface area contributed by atoms with Gasteiger partial charge in [-0.2, -0.15) is 8.42 Å². The summed E-state index contributed by atoms with van der Waals surface area (Å²) in [6.07, 6.45) is 1.88. The lowest BCUT2D eigenvalue weighted by Crippen LogP contribution is -2.08. The van der Waals surface area contributed by atoms with Gasteiger partial charge < -0.3 is 4.98 Å². The Morgan fingerprint density at radius 3 is 2.32 bits per heavy atom. The van der Waals surface area contributed by atoms with Gasteiger partial charge in [-0.05, 0) is 24.2 Å². The summed E-state index contributed by atoms with van der Waals surface area (Å²) in [5, 5.41) is 0. The van der Waals surface area contributed by atoms with E-state index in [0.717, 1.165) is 18.5 Å². The highest BCUT2D eigenvalue weighted by atomic mass is 32.3. The van der Waals surface area contributed by atoms with E-state index in [4.69, 9.17) is 12.2 Å². The SMILES string of the molecule is CCCc1cc(=O)[nH]c(=S)[nH]1.O=S(=O)(F)Cc1ccccc1. The molecule has 8 heteroatoms. The molecule has 0 spiro atoms. The molecule has 0 radical (unpaired) electrons. The van der Waals surface area contributed by atoms with E-state index in [0.29, 0.717) is 10.3 Å². The number of aromatic nitrogens is 2. The molecule has 1 heterocycles. The van der Waals surface area contributed by atoms with E-state index in [9.17, 15) is 17.1 Å². The fraction of sp³-hybridized carbons (Fsp3) is 0.286. The Labute approximate surface area is 133 Å². The van der Waals surface area contributed by atoms with Gasteiger partial charge in [0.15, 0.2) is 4.77 Å². The number of hydrogen-bond acceptors (Lipinski definition) is 4. The van der Waals surface area contributed by atoms with Gasteiger partial charge in [0, 0.05) is 11.8 Å². The third kappa shape index (κ3) is 7.84. The van der Waals surface area contributed by atoms with E-state index in [1.54, 1.807) is 36.4 Å². The van der Waals surface area contributed by atoms with E-state index in [-0.39, 0.29) is 5.56 Å². The van der Waals surface area contributed by atoms with Crippen molar-refractivity contribution in [3.8, 4) is 0 Å². The van der Waals surface area contributed by atoms with Crippen LogP contribution in [0.2, 0.25) is 0 Å². The predicted octanol–water partition coefficient (Wildman–Crippen LogP) is 2.87. The van der Waals surface area contributed by atoms with Crippen molar-refractivity contribution in [2.75, 3.05) is 0 Å². The highest BCUT2D eigenvalue weighted by Crippen LogP contribution is 2.05. The maximum Gasteiger partial charge on any atom is 0.306 e. The smallest absolute Gasteiger partial charge is 0.306 e. The van der Waals surface area contributed by atoms with Gasteiger partial charge in [0.25, 0.3) is 5.56 Å². The third-order valence-corrected chi connectivity index (χ3v) is 3.40. The molecule has 2 aromatic rings. The molecule has 1 aromatic heterocycles. The Hall–Kier alpha value is -1.80. The predicted molar refractivity (Wildman–Crippen MR) is 86.4 cm³/mol. The van der Waals surface area contributed by atoms with Crippen LogP contribution in [0, 0.1) is 4.77 Å². The summed E-state index contributed by atoms with van der Waals surface area (Å²) in [7, 11) is -4.38. The van der Waals surface area contributed by atoms with Gasteiger partial charge in [-0.3, -0.25) is 9.78 Å². The van der Waals surface area contributed by atoms with Crippen LogP contribution in [0.1, 0.15) is 24.6 Å². The average molecular weight is 344 g/mol. The van der Waals surface area contributed by atoms with Gasteiger partial charge in [0.2, 0.25) is 0 Å². The summed E-state index contributed by atoms with van der Waals surface area (Å²) in [5.74, 6) is -0.534. The van der Waals surface area contributed by atoms with Crippen LogP contribution >= 0.6 is 12.2 Å². The second kappa shape index (κ2) is 8.60. The molecule has 0 atom stereocenters. The zero-order chi connectivity index (χ0) is 16.6. The number of halogens is 1. The second-order valence-electron chi connectivity index (χ2n) is 4.53. The Balaban J connectivity index is 0.000000220. The van der Waals surface area contributed by atoms with Crippen LogP contribution in [0.15, 0.2) is 41.2 Å². The summed E-state index contributed by atoms with van der Waals surface area (Å²) in [5.41, 5.74) is 1.24. The Kier molecular flexibility index (Phi) is 7.13. The Morgan fingerprint density at radius 1 is 1.18 bits per heavy atom. The van der Waals surface area contributed by atoms with Crippen LogP contribution in [0.25, 0.3) is 0 Å². The first-order valence-electron chi connectivity index (χ1n) is 6.59. The molecule has 0 saturated carbocycles. The van der Waals surface area contributed by atoms with Crippen molar-refractivity contribution in [2.24, 2.45) is 0 Å². The molecule has 120 valence electrons. The van der Waals surface area contributed by atoms with Gasteiger partial charge in [0.1, 0.15) is 5.75 Å². The molecule has 0 fully saturated rings. The third-order valence-electron chi connectivity index (χ3n) is 2.52. The monoisotopic (exact) mass is 344 g/mol. The Morgan fingerprint density at radius 2 is 1.82 bits per heavy atom. The first-order chi connectivity index (χ1) is 10.3. The Bertz CT molecular complexity index is 770. The molecule has 0 unspecified atom stereocenters. The molecule has 0 bridgehead atoms. The zero-order valence-electron chi connectivity index (χ0n) is 12.0. The number of aryl methyl sites for hydroxylation is 1. The molecule has 0 amide bonds. The number of benzene rings is 1.